The molecule has 0 unspecified atom stereocenters. The summed E-state index contributed by atoms with van der Waals surface area (Å²) in [5.74, 6) is 0. The molecule has 0 fully saturated rings. The summed E-state index contributed by atoms with van der Waals surface area (Å²) in [5, 5.41) is 12.9. The molecule has 4 aromatic rings. The summed E-state index contributed by atoms with van der Waals surface area (Å²) in [6.07, 6.45) is -3.33. The second-order valence-electron chi connectivity index (χ2n) is 7.78. The van der Waals surface area contributed by atoms with E-state index in [1.807, 2.05) is 6.07 Å². The third-order valence-corrected chi connectivity index (χ3v) is 6.35. The molecule has 0 atom stereocenters. The van der Waals surface area contributed by atoms with Crippen LogP contribution < -0.4 is 16.3 Å². The Labute approximate surface area is 191 Å². The quantitative estimate of drug-likeness (QED) is 0.424. The van der Waals surface area contributed by atoms with Gasteiger partial charge in [-0.1, -0.05) is 18.2 Å². The monoisotopic (exact) mass is 483 g/mol. The van der Waals surface area contributed by atoms with Gasteiger partial charge in [0, 0.05) is 17.3 Å². The number of benzene rings is 1. The zero-order chi connectivity index (χ0) is 24.7. The highest BCUT2D eigenvalue weighted by atomic mass is 31.2. The van der Waals surface area contributed by atoms with E-state index >= 15 is 0 Å². The van der Waals surface area contributed by atoms with Crippen LogP contribution in [0.1, 0.15) is 11.3 Å². The van der Waals surface area contributed by atoms with Crippen LogP contribution in [-0.2, 0) is 10.7 Å². The van der Waals surface area contributed by atoms with E-state index in [1.54, 1.807) is 31.5 Å². The van der Waals surface area contributed by atoms with E-state index in [2.05, 4.69) is 15.3 Å². The van der Waals surface area contributed by atoms with Crippen molar-refractivity contribution in [2.75, 3.05) is 18.6 Å². The van der Waals surface area contributed by atoms with Crippen LogP contribution in [0.5, 0.6) is 0 Å². The lowest BCUT2D eigenvalue weighted by molar-refractivity contribution is -0.141. The lowest BCUT2D eigenvalue weighted by Gasteiger charge is -2.18. The van der Waals surface area contributed by atoms with Gasteiger partial charge in [0.2, 0.25) is 0 Å². The molecule has 0 aliphatic rings. The van der Waals surface area contributed by atoms with Gasteiger partial charge in [0.05, 0.1) is 11.4 Å². The number of hydrogen-bond donors (Lipinski definition) is 1. The van der Waals surface area contributed by atoms with Crippen molar-refractivity contribution in [1.82, 2.24) is 14.5 Å². The minimum absolute atomic E-state index is 0.00454. The van der Waals surface area contributed by atoms with Gasteiger partial charge in [0.15, 0.2) is 0 Å². The third kappa shape index (κ3) is 4.30. The number of alkyl halides is 3. The molecule has 1 N–H and O–H groups in total. The molecule has 172 valence electrons. The van der Waals surface area contributed by atoms with E-state index in [1.165, 1.54) is 36.5 Å². The maximum Gasteiger partial charge on any atom is 0.433 e. The molecule has 0 aliphatic heterocycles. The van der Waals surface area contributed by atoms with Crippen LogP contribution in [0.25, 0.3) is 16.7 Å². The van der Waals surface area contributed by atoms with Crippen molar-refractivity contribution >= 4 is 35.0 Å². The Kier molecular flexibility index (Phi) is 5.75. The molecule has 0 spiro atoms. The fourth-order valence-electron chi connectivity index (χ4n) is 3.41. The summed E-state index contributed by atoms with van der Waals surface area (Å²) < 4.78 is 53.8. The standard InChI is InChI=1S/C23H17F3N5O2P/c1-34(2,33)19-12-14(10-11-28-19)29-20-16-8-9-18(23(24,25)26)30-21(16)31(22(32)17(20)13-27)15-6-4-3-5-7-15/h3-12H,1-2H3,(H,28,29). The van der Waals surface area contributed by atoms with E-state index in [-0.39, 0.29) is 28.0 Å². The number of nitrogens with one attached hydrogen (secondary N) is 1. The third-order valence-electron chi connectivity index (χ3n) is 5.01. The molecule has 3 heterocycles. The summed E-state index contributed by atoms with van der Waals surface area (Å²) >= 11 is 0. The summed E-state index contributed by atoms with van der Waals surface area (Å²) in [5.41, 5.74) is -1.65. The second kappa shape index (κ2) is 8.43. The first-order valence-electron chi connectivity index (χ1n) is 9.92. The molecule has 3 aromatic heterocycles. The Hall–Kier alpha value is -3.96. The first-order chi connectivity index (χ1) is 16.0. The Morgan fingerprint density at radius 2 is 1.79 bits per heavy atom. The van der Waals surface area contributed by atoms with Gasteiger partial charge in [0.25, 0.3) is 5.56 Å². The van der Waals surface area contributed by atoms with Crippen LogP contribution in [0.3, 0.4) is 0 Å². The van der Waals surface area contributed by atoms with Gasteiger partial charge >= 0.3 is 6.18 Å². The summed E-state index contributed by atoms with van der Waals surface area (Å²) in [4.78, 5) is 21.2. The molecular formula is C23H17F3N5O2P. The van der Waals surface area contributed by atoms with Gasteiger partial charge < -0.3 is 9.88 Å². The Bertz CT molecular complexity index is 1550. The predicted molar refractivity (Wildman–Crippen MR) is 124 cm³/mol. The fraction of sp³-hybridized carbons (Fsp3) is 0.130. The van der Waals surface area contributed by atoms with Crippen LogP contribution in [0, 0.1) is 11.3 Å². The van der Waals surface area contributed by atoms with Gasteiger partial charge in [-0.15, -0.1) is 0 Å². The zero-order valence-corrected chi connectivity index (χ0v) is 18.9. The van der Waals surface area contributed by atoms with Crippen molar-refractivity contribution in [2.24, 2.45) is 0 Å². The lowest BCUT2D eigenvalue weighted by atomic mass is 10.1. The predicted octanol–water partition coefficient (Wildman–Crippen LogP) is 4.66. The van der Waals surface area contributed by atoms with Crippen LogP contribution in [0.4, 0.5) is 24.5 Å². The fourth-order valence-corrected chi connectivity index (χ4v) is 4.20. The molecule has 0 saturated carbocycles. The number of hydrogen-bond acceptors (Lipinski definition) is 6. The van der Waals surface area contributed by atoms with E-state index in [9.17, 15) is 27.8 Å². The van der Waals surface area contributed by atoms with Gasteiger partial charge in [-0.05, 0) is 49.7 Å². The van der Waals surface area contributed by atoms with Gasteiger partial charge in [-0.2, -0.15) is 18.4 Å². The van der Waals surface area contributed by atoms with Crippen molar-refractivity contribution in [3.63, 3.8) is 0 Å². The first kappa shape index (κ1) is 23.2. The SMILES string of the molecule is CP(C)(=O)c1cc(Nc2c(C#N)c(=O)n(-c3ccccc3)c3nc(C(F)(F)F)ccc23)ccn1. The average Bonchev–Trinajstić information content (AvgIpc) is 2.78. The van der Waals surface area contributed by atoms with Gasteiger partial charge in [-0.3, -0.25) is 14.3 Å². The minimum atomic E-state index is -4.74. The topological polar surface area (TPSA) is 101 Å². The van der Waals surface area contributed by atoms with Crippen molar-refractivity contribution < 1.29 is 17.7 Å². The normalized spacial score (nSPS) is 11.9. The summed E-state index contributed by atoms with van der Waals surface area (Å²) in [6.45, 7) is 3.08. The number of pyridine rings is 3. The minimum Gasteiger partial charge on any atom is -0.354 e. The lowest BCUT2D eigenvalue weighted by Crippen LogP contribution is -2.24. The molecule has 0 aliphatic carbocycles. The Morgan fingerprint density at radius 1 is 1.09 bits per heavy atom. The highest BCUT2D eigenvalue weighted by Gasteiger charge is 2.33. The van der Waals surface area contributed by atoms with E-state index in [0.29, 0.717) is 11.1 Å². The van der Waals surface area contributed by atoms with E-state index in [4.69, 9.17) is 0 Å². The first-order valence-corrected chi connectivity index (χ1v) is 12.5. The molecule has 0 saturated heterocycles. The van der Waals surface area contributed by atoms with Crippen molar-refractivity contribution in [2.45, 2.75) is 6.18 Å². The zero-order valence-electron chi connectivity index (χ0n) is 18.0. The average molecular weight is 483 g/mol. The number of rotatable bonds is 4. The van der Waals surface area contributed by atoms with Crippen LogP contribution in [0.2, 0.25) is 0 Å². The molecule has 0 bridgehead atoms. The Morgan fingerprint density at radius 3 is 2.41 bits per heavy atom. The number of aromatic nitrogens is 3. The largest absolute Gasteiger partial charge is 0.433 e. The van der Waals surface area contributed by atoms with Crippen molar-refractivity contribution in [3.05, 3.63) is 82.4 Å². The van der Waals surface area contributed by atoms with Crippen LogP contribution in [0.15, 0.2) is 65.6 Å². The molecule has 7 nitrogen and oxygen atoms in total. The molecule has 0 amide bonds. The highest BCUT2D eigenvalue weighted by molar-refractivity contribution is 7.69. The van der Waals surface area contributed by atoms with Crippen LogP contribution in [-0.4, -0.2) is 27.9 Å². The highest BCUT2D eigenvalue weighted by Crippen LogP contribution is 2.36. The molecule has 34 heavy (non-hydrogen) atoms. The maximum atomic E-state index is 13.4. The molecule has 1 aromatic carbocycles. The number of halogens is 3. The van der Waals surface area contributed by atoms with Gasteiger partial charge in [0.1, 0.15) is 35.6 Å². The molecule has 4 rings (SSSR count). The van der Waals surface area contributed by atoms with Crippen LogP contribution >= 0.6 is 7.14 Å². The molecule has 0 radical (unpaired) electrons. The van der Waals surface area contributed by atoms with E-state index < -0.39 is 24.6 Å². The van der Waals surface area contributed by atoms with E-state index in [0.717, 1.165) is 10.6 Å². The van der Waals surface area contributed by atoms with Gasteiger partial charge in [-0.25, -0.2) is 4.98 Å². The molecule has 11 heteroatoms. The second-order valence-corrected chi connectivity index (χ2v) is 10.9. The smallest absolute Gasteiger partial charge is 0.354 e. The van der Waals surface area contributed by atoms with Crippen molar-refractivity contribution in [1.29, 1.82) is 5.26 Å². The van der Waals surface area contributed by atoms with Crippen molar-refractivity contribution in [3.8, 4) is 11.8 Å². The summed E-state index contributed by atoms with van der Waals surface area (Å²) in [6, 6.07) is 14.8. The number of fused-ring (bicyclic) bond motifs is 1. The number of anilines is 2. The maximum absolute atomic E-state index is 13.4. The molecular weight excluding hydrogens is 466 g/mol. The summed E-state index contributed by atoms with van der Waals surface area (Å²) in [7, 11) is -2.72. The number of para-hydroxylation sites is 1. The number of nitrogens with zero attached hydrogens (tertiary/aromatic N) is 4. The number of nitriles is 1. The Balaban J connectivity index is 2.05.